The summed E-state index contributed by atoms with van der Waals surface area (Å²) >= 11 is 0. The highest BCUT2D eigenvalue weighted by Crippen LogP contribution is 2.32. The van der Waals surface area contributed by atoms with Gasteiger partial charge in [0.1, 0.15) is 23.7 Å². The Morgan fingerprint density at radius 1 is 0.949 bits per heavy atom. The fourth-order valence-corrected chi connectivity index (χ4v) is 4.55. The van der Waals surface area contributed by atoms with Crippen LogP contribution in [0.1, 0.15) is 42.2 Å². The average molecular weight is 534 g/mol. The first-order chi connectivity index (χ1) is 18.6. The SMILES string of the molecule is C[C@H](NC(=O)[C@@H](O)c1cc(F)cc(F)c1)C(=O)N[C@H]1CC(c2ccccc2)=C[C@H](c2ccccc2)N(C)C1=O. The van der Waals surface area contributed by atoms with Crippen LogP contribution in [-0.4, -0.2) is 46.9 Å². The molecule has 3 aromatic rings. The van der Waals surface area contributed by atoms with Crippen molar-refractivity contribution in [3.8, 4) is 0 Å². The van der Waals surface area contributed by atoms with Crippen LogP contribution in [0.4, 0.5) is 8.78 Å². The maximum Gasteiger partial charge on any atom is 0.254 e. The van der Waals surface area contributed by atoms with E-state index in [-0.39, 0.29) is 23.9 Å². The molecule has 1 aliphatic rings. The van der Waals surface area contributed by atoms with E-state index in [2.05, 4.69) is 10.6 Å². The van der Waals surface area contributed by atoms with Gasteiger partial charge in [-0.25, -0.2) is 8.78 Å². The highest BCUT2D eigenvalue weighted by Gasteiger charge is 2.34. The predicted octanol–water partition coefficient (Wildman–Crippen LogP) is 3.67. The number of benzene rings is 3. The zero-order chi connectivity index (χ0) is 28.1. The molecule has 0 aliphatic carbocycles. The summed E-state index contributed by atoms with van der Waals surface area (Å²) in [5.41, 5.74) is 2.40. The first-order valence-electron chi connectivity index (χ1n) is 12.5. The second-order valence-electron chi connectivity index (χ2n) is 9.46. The molecule has 3 N–H and O–H groups in total. The van der Waals surface area contributed by atoms with Gasteiger partial charge in [-0.15, -0.1) is 0 Å². The van der Waals surface area contributed by atoms with E-state index in [0.717, 1.165) is 28.8 Å². The van der Waals surface area contributed by atoms with Gasteiger partial charge in [-0.2, -0.15) is 0 Å². The van der Waals surface area contributed by atoms with Crippen LogP contribution in [0, 0.1) is 11.6 Å². The summed E-state index contributed by atoms with van der Waals surface area (Å²) < 4.78 is 27.0. The zero-order valence-electron chi connectivity index (χ0n) is 21.5. The Kier molecular flexibility index (Phi) is 8.51. The fourth-order valence-electron chi connectivity index (χ4n) is 4.55. The lowest BCUT2D eigenvalue weighted by Gasteiger charge is -2.28. The number of hydrogen-bond acceptors (Lipinski definition) is 4. The fraction of sp³-hybridized carbons (Fsp3) is 0.233. The molecule has 0 saturated heterocycles. The average Bonchev–Trinajstić information content (AvgIpc) is 3.05. The third kappa shape index (κ3) is 6.56. The van der Waals surface area contributed by atoms with Crippen LogP contribution < -0.4 is 10.6 Å². The smallest absolute Gasteiger partial charge is 0.254 e. The van der Waals surface area contributed by atoms with Crippen LogP contribution in [0.25, 0.3) is 5.57 Å². The molecule has 3 amide bonds. The number of aliphatic hydroxyl groups excluding tert-OH is 1. The summed E-state index contributed by atoms with van der Waals surface area (Å²) in [6.45, 7) is 1.39. The first kappa shape index (κ1) is 27.7. The molecule has 0 radical (unpaired) electrons. The Labute approximate surface area is 225 Å². The number of nitrogens with zero attached hydrogens (tertiary/aromatic N) is 1. The molecule has 0 saturated carbocycles. The van der Waals surface area contributed by atoms with Crippen molar-refractivity contribution in [2.24, 2.45) is 0 Å². The topological polar surface area (TPSA) is 98.7 Å². The van der Waals surface area contributed by atoms with Crippen molar-refractivity contribution < 1.29 is 28.3 Å². The van der Waals surface area contributed by atoms with E-state index in [4.69, 9.17) is 0 Å². The number of amides is 3. The molecule has 1 heterocycles. The van der Waals surface area contributed by atoms with E-state index in [1.165, 1.54) is 6.92 Å². The number of rotatable bonds is 7. The molecule has 0 unspecified atom stereocenters. The lowest BCUT2D eigenvalue weighted by Crippen LogP contribution is -2.53. The van der Waals surface area contributed by atoms with E-state index >= 15 is 0 Å². The van der Waals surface area contributed by atoms with Crippen LogP contribution in [0.15, 0.2) is 84.9 Å². The van der Waals surface area contributed by atoms with Crippen molar-refractivity contribution in [2.75, 3.05) is 7.05 Å². The van der Waals surface area contributed by atoms with E-state index in [1.54, 1.807) is 11.9 Å². The van der Waals surface area contributed by atoms with Gasteiger partial charge < -0.3 is 20.6 Å². The van der Waals surface area contributed by atoms with E-state index in [0.29, 0.717) is 6.07 Å². The summed E-state index contributed by atoms with van der Waals surface area (Å²) in [7, 11) is 1.67. The molecule has 39 heavy (non-hydrogen) atoms. The number of likely N-dealkylation sites (N-methyl/N-ethyl adjacent to an activating group) is 1. The number of carbonyl (C=O) groups excluding carboxylic acids is 3. The summed E-state index contributed by atoms with van der Waals surface area (Å²) in [5.74, 6) is -3.88. The van der Waals surface area contributed by atoms with Gasteiger partial charge in [0.25, 0.3) is 5.91 Å². The van der Waals surface area contributed by atoms with Gasteiger partial charge >= 0.3 is 0 Å². The molecule has 0 bridgehead atoms. The van der Waals surface area contributed by atoms with Crippen molar-refractivity contribution in [2.45, 2.75) is 37.6 Å². The maximum absolute atomic E-state index is 13.5. The normalized spacial score (nSPS) is 18.9. The quantitative estimate of drug-likeness (QED) is 0.432. The van der Waals surface area contributed by atoms with Crippen molar-refractivity contribution in [3.63, 3.8) is 0 Å². The third-order valence-corrected chi connectivity index (χ3v) is 6.65. The van der Waals surface area contributed by atoms with Crippen molar-refractivity contribution >= 4 is 23.3 Å². The van der Waals surface area contributed by atoms with Crippen molar-refractivity contribution in [1.82, 2.24) is 15.5 Å². The molecule has 3 aromatic carbocycles. The number of carbonyl (C=O) groups is 3. The monoisotopic (exact) mass is 533 g/mol. The molecule has 9 heteroatoms. The van der Waals surface area contributed by atoms with Crippen molar-refractivity contribution in [1.29, 1.82) is 0 Å². The van der Waals surface area contributed by atoms with Gasteiger partial charge in [0.05, 0.1) is 6.04 Å². The highest BCUT2D eigenvalue weighted by atomic mass is 19.1. The predicted molar refractivity (Wildman–Crippen MR) is 142 cm³/mol. The standard InChI is InChI=1S/C30H29F2N3O4/c1-18(33-29(38)27(36)22-13-23(31)17-24(32)14-22)28(37)34-25-15-21(19-9-5-3-6-10-19)16-26(35(2)30(25)39)20-11-7-4-8-12-20/h3-14,16-18,25-27,36H,15H2,1-2H3,(H,33,38)(H,34,37)/t18-,25-,26+,27-/m0/s1. The third-order valence-electron chi connectivity index (χ3n) is 6.65. The van der Waals surface area contributed by atoms with Crippen LogP contribution >= 0.6 is 0 Å². The van der Waals surface area contributed by atoms with E-state index in [1.807, 2.05) is 66.7 Å². The number of hydrogen-bond donors (Lipinski definition) is 3. The second-order valence-corrected chi connectivity index (χ2v) is 9.46. The number of aliphatic hydroxyl groups is 1. The van der Waals surface area contributed by atoms with E-state index < -0.39 is 41.6 Å². The molecular weight excluding hydrogens is 504 g/mol. The molecule has 0 aromatic heterocycles. The summed E-state index contributed by atoms with van der Waals surface area (Å²) in [6, 6.07) is 18.9. The summed E-state index contributed by atoms with van der Waals surface area (Å²) in [6.07, 6.45) is 0.332. The first-order valence-corrected chi connectivity index (χ1v) is 12.5. The van der Waals surface area contributed by atoms with Gasteiger partial charge in [-0.1, -0.05) is 66.7 Å². The van der Waals surface area contributed by atoms with Crippen LogP contribution in [0.3, 0.4) is 0 Å². The molecule has 0 fully saturated rings. The molecule has 7 nitrogen and oxygen atoms in total. The van der Waals surface area contributed by atoms with Gasteiger partial charge in [0, 0.05) is 19.5 Å². The lowest BCUT2D eigenvalue weighted by molar-refractivity contribution is -0.137. The second kappa shape index (κ2) is 12.0. The zero-order valence-corrected chi connectivity index (χ0v) is 21.5. The Hall–Kier alpha value is -4.37. The molecule has 0 spiro atoms. The van der Waals surface area contributed by atoms with Crippen LogP contribution in [-0.2, 0) is 14.4 Å². The summed E-state index contributed by atoms with van der Waals surface area (Å²) in [5, 5.41) is 15.3. The van der Waals surface area contributed by atoms with E-state index in [9.17, 15) is 28.3 Å². The summed E-state index contributed by atoms with van der Waals surface area (Å²) in [4.78, 5) is 40.7. The van der Waals surface area contributed by atoms with Gasteiger partial charge in [-0.3, -0.25) is 14.4 Å². The number of halogens is 2. The Morgan fingerprint density at radius 3 is 2.15 bits per heavy atom. The molecule has 202 valence electrons. The minimum Gasteiger partial charge on any atom is -0.378 e. The molecule has 4 rings (SSSR count). The van der Waals surface area contributed by atoms with Crippen molar-refractivity contribution in [3.05, 3.63) is 113 Å². The highest BCUT2D eigenvalue weighted by molar-refractivity contribution is 5.94. The Balaban J connectivity index is 1.51. The maximum atomic E-state index is 13.5. The Bertz CT molecular complexity index is 1360. The van der Waals surface area contributed by atoms with Gasteiger partial charge in [0.15, 0.2) is 6.10 Å². The minimum atomic E-state index is -1.89. The molecular formula is C30H29F2N3O4. The Morgan fingerprint density at radius 2 is 1.54 bits per heavy atom. The lowest BCUT2D eigenvalue weighted by atomic mass is 9.96. The minimum absolute atomic E-state index is 0.216. The number of nitrogens with one attached hydrogen (secondary N) is 2. The van der Waals surface area contributed by atoms with Gasteiger partial charge in [0.2, 0.25) is 11.8 Å². The molecule has 1 aliphatic heterocycles. The van der Waals surface area contributed by atoms with Crippen LogP contribution in [0.5, 0.6) is 0 Å². The molecule has 4 atom stereocenters. The largest absolute Gasteiger partial charge is 0.378 e. The van der Waals surface area contributed by atoms with Gasteiger partial charge in [-0.05, 0) is 41.3 Å². The van der Waals surface area contributed by atoms with Crippen LogP contribution in [0.2, 0.25) is 0 Å².